The molecule has 3 amide bonds. The Balaban J connectivity index is 0.00000441. The van der Waals surface area contributed by atoms with Crippen LogP contribution in [0.5, 0.6) is 5.75 Å². The van der Waals surface area contributed by atoms with E-state index in [1.807, 2.05) is 0 Å². The average molecular weight is 333 g/mol. The smallest absolute Gasteiger partial charge is 0.316 e. The third kappa shape index (κ3) is 7.11. The van der Waals surface area contributed by atoms with Crippen LogP contribution in [0.3, 0.4) is 0 Å². The molecular weight excluding hydrogens is 312 g/mol. The quantitative estimate of drug-likeness (QED) is 0.525. The van der Waals surface area contributed by atoms with E-state index in [9.17, 15) is 9.59 Å². The van der Waals surface area contributed by atoms with Gasteiger partial charge in [0.1, 0.15) is 5.75 Å². The lowest BCUT2D eigenvalue weighted by molar-refractivity contribution is -0.115. The molecule has 1 rings (SSSR count). The highest BCUT2D eigenvalue weighted by atomic mass is 35.5. The first-order chi connectivity index (χ1) is 10.1. The maximum absolute atomic E-state index is 11.7. The van der Waals surface area contributed by atoms with E-state index in [2.05, 4.69) is 16.0 Å². The molecule has 0 saturated carbocycles. The summed E-state index contributed by atoms with van der Waals surface area (Å²) in [5.41, 5.74) is 6.04. The van der Waals surface area contributed by atoms with Crippen LogP contribution in [-0.2, 0) is 9.53 Å². The summed E-state index contributed by atoms with van der Waals surface area (Å²) in [6.45, 7) is 1.30. The molecule has 0 radical (unpaired) electrons. The number of benzene rings is 1. The lowest BCUT2D eigenvalue weighted by Gasteiger charge is -2.12. The number of nitrogens with one attached hydrogen (secondary N) is 3. The number of carbonyl (C=O) groups excluding carboxylic acids is 2. The number of hydrogen-bond donors (Lipinski definition) is 4. The summed E-state index contributed by atoms with van der Waals surface area (Å²) < 4.78 is 9.99. The first kappa shape index (κ1) is 20.0. The highest BCUT2D eigenvalue weighted by Gasteiger charge is 2.08. The van der Waals surface area contributed by atoms with Crippen LogP contribution in [0.2, 0.25) is 0 Å². The zero-order valence-electron chi connectivity index (χ0n) is 12.5. The lowest BCUT2D eigenvalue weighted by atomic mass is 10.2. The number of ether oxygens (including phenoxy) is 2. The van der Waals surface area contributed by atoms with Crippen LogP contribution < -0.4 is 26.4 Å². The molecule has 0 aromatic heterocycles. The number of primary amides is 1. The first-order valence-electron chi connectivity index (χ1n) is 6.30. The Morgan fingerprint density at radius 2 is 1.95 bits per heavy atom. The highest BCUT2D eigenvalue weighted by molar-refractivity contribution is 5.94. The third-order valence-electron chi connectivity index (χ3n) is 2.51. The number of halogens is 1. The van der Waals surface area contributed by atoms with Gasteiger partial charge in [-0.3, -0.25) is 4.79 Å². The second-order valence-electron chi connectivity index (χ2n) is 4.12. The molecule has 0 unspecified atom stereocenters. The van der Waals surface area contributed by atoms with E-state index < -0.39 is 6.03 Å². The summed E-state index contributed by atoms with van der Waals surface area (Å²) >= 11 is 0. The molecule has 5 N–H and O–H groups in total. The molecule has 1 aromatic carbocycles. The lowest BCUT2D eigenvalue weighted by Crippen LogP contribution is -2.30. The topological polar surface area (TPSA) is 115 Å². The molecule has 0 aliphatic carbocycles. The summed E-state index contributed by atoms with van der Waals surface area (Å²) in [5, 5.41) is 8.07. The number of hydrogen-bond acceptors (Lipinski definition) is 5. The van der Waals surface area contributed by atoms with Gasteiger partial charge in [-0.25, -0.2) is 4.79 Å². The number of nitrogens with two attached hydrogens (primary N) is 1. The molecule has 0 bridgehead atoms. The van der Waals surface area contributed by atoms with Gasteiger partial charge in [-0.05, 0) is 12.1 Å². The van der Waals surface area contributed by atoms with E-state index >= 15 is 0 Å². The fourth-order valence-electron chi connectivity index (χ4n) is 1.59. The fraction of sp³-hybridized carbons (Fsp3) is 0.385. The van der Waals surface area contributed by atoms with Crippen LogP contribution in [-0.4, -0.2) is 45.9 Å². The molecule has 124 valence electrons. The van der Waals surface area contributed by atoms with Gasteiger partial charge in [-0.15, -0.1) is 12.4 Å². The average Bonchev–Trinajstić information content (AvgIpc) is 2.44. The molecule has 0 spiro atoms. The van der Waals surface area contributed by atoms with Gasteiger partial charge in [-0.1, -0.05) is 0 Å². The predicted octanol–water partition coefficient (Wildman–Crippen LogP) is 0.782. The summed E-state index contributed by atoms with van der Waals surface area (Å²) in [6.07, 6.45) is 0. The van der Waals surface area contributed by atoms with Crippen LogP contribution in [0.4, 0.5) is 16.2 Å². The largest absolute Gasteiger partial charge is 0.494 e. The van der Waals surface area contributed by atoms with Crippen LogP contribution in [0, 0.1) is 0 Å². The van der Waals surface area contributed by atoms with Crippen LogP contribution >= 0.6 is 12.4 Å². The van der Waals surface area contributed by atoms with Crippen LogP contribution in [0.1, 0.15) is 0 Å². The number of anilines is 2. The minimum Gasteiger partial charge on any atom is -0.494 e. The first-order valence-corrected chi connectivity index (χ1v) is 6.30. The normalized spacial score (nSPS) is 9.55. The Morgan fingerprint density at radius 1 is 1.23 bits per heavy atom. The molecular formula is C13H21ClN4O4. The minimum atomic E-state index is -0.688. The molecule has 0 saturated heterocycles. The van der Waals surface area contributed by atoms with E-state index in [-0.39, 0.29) is 24.9 Å². The van der Waals surface area contributed by atoms with Crippen molar-refractivity contribution in [3.8, 4) is 5.75 Å². The molecule has 1 aromatic rings. The van der Waals surface area contributed by atoms with E-state index in [0.29, 0.717) is 30.3 Å². The summed E-state index contributed by atoms with van der Waals surface area (Å²) in [7, 11) is 3.05. The fourth-order valence-corrected chi connectivity index (χ4v) is 1.59. The molecule has 0 atom stereocenters. The molecule has 8 nitrogen and oxygen atoms in total. The SMILES string of the molecule is COCCNCC(=O)Nc1ccc(NC(N)=O)c(OC)c1.Cl. The third-order valence-corrected chi connectivity index (χ3v) is 2.51. The Bertz CT molecular complexity index is 499. The van der Waals surface area contributed by atoms with E-state index in [1.54, 1.807) is 25.3 Å². The van der Waals surface area contributed by atoms with Gasteiger partial charge in [-0.2, -0.15) is 0 Å². The summed E-state index contributed by atoms with van der Waals surface area (Å²) in [6, 6.07) is 4.14. The van der Waals surface area contributed by atoms with Gasteiger partial charge < -0.3 is 31.2 Å². The van der Waals surface area contributed by atoms with Crippen molar-refractivity contribution in [2.45, 2.75) is 0 Å². The van der Waals surface area contributed by atoms with Crippen molar-refractivity contribution >= 4 is 35.7 Å². The van der Waals surface area contributed by atoms with E-state index in [0.717, 1.165) is 0 Å². The second-order valence-corrected chi connectivity index (χ2v) is 4.12. The van der Waals surface area contributed by atoms with Gasteiger partial charge >= 0.3 is 6.03 Å². The van der Waals surface area contributed by atoms with Crippen molar-refractivity contribution in [2.24, 2.45) is 5.73 Å². The van der Waals surface area contributed by atoms with Gasteiger partial charge in [0.15, 0.2) is 0 Å². The number of methoxy groups -OCH3 is 2. The number of rotatable bonds is 8. The zero-order chi connectivity index (χ0) is 15.7. The van der Waals surface area contributed by atoms with Gasteiger partial charge in [0.05, 0.1) is 25.9 Å². The van der Waals surface area contributed by atoms with Crippen molar-refractivity contribution in [1.29, 1.82) is 0 Å². The van der Waals surface area contributed by atoms with E-state index in [4.69, 9.17) is 15.2 Å². The molecule has 22 heavy (non-hydrogen) atoms. The standard InChI is InChI=1S/C13H20N4O4.ClH/c1-20-6-5-15-8-12(18)16-9-3-4-10(17-13(14)19)11(7-9)21-2;/h3-4,7,15H,5-6,8H2,1-2H3,(H,16,18)(H3,14,17,19);1H. The monoisotopic (exact) mass is 332 g/mol. The van der Waals surface area contributed by atoms with Gasteiger partial charge in [0.25, 0.3) is 0 Å². The number of urea groups is 1. The maximum atomic E-state index is 11.7. The number of amides is 3. The van der Waals surface area contributed by atoms with Crippen LogP contribution in [0.15, 0.2) is 18.2 Å². The summed E-state index contributed by atoms with van der Waals surface area (Å²) in [4.78, 5) is 22.5. The predicted molar refractivity (Wildman–Crippen MR) is 86.8 cm³/mol. The Labute approximate surface area is 135 Å². The highest BCUT2D eigenvalue weighted by Crippen LogP contribution is 2.27. The van der Waals surface area contributed by atoms with Crippen molar-refractivity contribution in [2.75, 3.05) is 44.5 Å². The molecule has 0 fully saturated rings. The maximum Gasteiger partial charge on any atom is 0.316 e. The Morgan fingerprint density at radius 3 is 2.55 bits per heavy atom. The molecule has 9 heteroatoms. The Kier molecular flexibility index (Phi) is 9.68. The molecule has 0 heterocycles. The summed E-state index contributed by atoms with van der Waals surface area (Å²) in [5.74, 6) is 0.211. The molecule has 0 aliphatic heterocycles. The van der Waals surface area contributed by atoms with Gasteiger partial charge in [0, 0.05) is 25.4 Å². The van der Waals surface area contributed by atoms with E-state index in [1.165, 1.54) is 7.11 Å². The molecule has 0 aliphatic rings. The minimum absolute atomic E-state index is 0. The number of carbonyl (C=O) groups is 2. The zero-order valence-corrected chi connectivity index (χ0v) is 13.3. The van der Waals surface area contributed by atoms with Crippen molar-refractivity contribution < 1.29 is 19.1 Å². The van der Waals surface area contributed by atoms with Gasteiger partial charge in [0.2, 0.25) is 5.91 Å². The van der Waals surface area contributed by atoms with Crippen molar-refractivity contribution in [1.82, 2.24) is 5.32 Å². The Hall–Kier alpha value is -2.03. The van der Waals surface area contributed by atoms with Crippen LogP contribution in [0.25, 0.3) is 0 Å². The van der Waals surface area contributed by atoms with Crippen molar-refractivity contribution in [3.05, 3.63) is 18.2 Å². The second kappa shape index (κ2) is 10.7. The van der Waals surface area contributed by atoms with Crippen molar-refractivity contribution in [3.63, 3.8) is 0 Å².